The lowest BCUT2D eigenvalue weighted by Gasteiger charge is -2.31. The Balaban J connectivity index is 3.02. The van der Waals surface area contributed by atoms with Gasteiger partial charge in [0.25, 0.3) is 0 Å². The first kappa shape index (κ1) is 18.4. The first-order valence-electron chi connectivity index (χ1n) is 6.93. The third-order valence-corrected chi connectivity index (χ3v) is 3.87. The fraction of sp³-hybridized carbons (Fsp3) is 0.600. The van der Waals surface area contributed by atoms with Gasteiger partial charge in [-0.15, -0.1) is 0 Å². The van der Waals surface area contributed by atoms with Gasteiger partial charge in [0.05, 0.1) is 26.4 Å². The summed E-state index contributed by atoms with van der Waals surface area (Å²) in [4.78, 5) is 2.26. The van der Waals surface area contributed by atoms with Crippen molar-refractivity contribution in [1.82, 2.24) is 4.90 Å². The van der Waals surface area contributed by atoms with E-state index in [1.165, 1.54) is 0 Å². The van der Waals surface area contributed by atoms with E-state index >= 15 is 0 Å². The summed E-state index contributed by atoms with van der Waals surface area (Å²) in [5.74, 6) is 0.841. The fourth-order valence-corrected chi connectivity index (χ4v) is 2.66. The molecule has 1 rings (SSSR count). The Hall–Kier alpha value is -0.660. The molecule has 0 amide bonds. The number of nitrogens with two attached hydrogens (primary N) is 1. The number of halogens is 1. The average Bonchev–Trinajstić information content (AvgIpc) is 2.50. The van der Waals surface area contributed by atoms with Crippen molar-refractivity contribution in [2.75, 3.05) is 54.2 Å². The zero-order valence-electron chi connectivity index (χ0n) is 13.0. The van der Waals surface area contributed by atoms with Crippen LogP contribution in [-0.4, -0.2) is 59.1 Å². The molecule has 1 aromatic carbocycles. The lowest BCUT2D eigenvalue weighted by atomic mass is 10.0. The van der Waals surface area contributed by atoms with Gasteiger partial charge >= 0.3 is 0 Å². The second kappa shape index (κ2) is 10.1. The monoisotopic (exact) mass is 360 g/mol. The smallest absolute Gasteiger partial charge is 0.123 e. The quantitative estimate of drug-likeness (QED) is 0.691. The van der Waals surface area contributed by atoms with Gasteiger partial charge < -0.3 is 19.9 Å². The topological polar surface area (TPSA) is 57.0 Å². The summed E-state index contributed by atoms with van der Waals surface area (Å²) in [7, 11) is 5.08. The van der Waals surface area contributed by atoms with Crippen molar-refractivity contribution < 1.29 is 14.2 Å². The summed E-state index contributed by atoms with van der Waals surface area (Å²) < 4.78 is 16.9. The highest BCUT2D eigenvalue weighted by molar-refractivity contribution is 9.10. The zero-order valence-corrected chi connectivity index (χ0v) is 14.6. The van der Waals surface area contributed by atoms with Crippen molar-refractivity contribution in [3.05, 3.63) is 28.2 Å². The van der Waals surface area contributed by atoms with Gasteiger partial charge in [-0.05, 0) is 18.2 Å². The standard InChI is InChI=1S/C15H25BrN2O3/c1-19-8-6-18(7-9-20-2)14(11-17)13-10-12(16)4-5-15(13)21-3/h4-5,10,14H,6-9,11,17H2,1-3H3. The van der Waals surface area contributed by atoms with E-state index in [-0.39, 0.29) is 6.04 Å². The van der Waals surface area contributed by atoms with Crippen molar-refractivity contribution in [1.29, 1.82) is 0 Å². The first-order chi connectivity index (χ1) is 10.2. The molecule has 0 aromatic heterocycles. The highest BCUT2D eigenvalue weighted by Gasteiger charge is 2.22. The normalized spacial score (nSPS) is 12.7. The minimum Gasteiger partial charge on any atom is -0.496 e. The predicted octanol–water partition coefficient (Wildman–Crippen LogP) is 2.05. The summed E-state index contributed by atoms with van der Waals surface area (Å²) in [6.45, 7) is 3.38. The molecular formula is C15H25BrN2O3. The predicted molar refractivity (Wildman–Crippen MR) is 87.8 cm³/mol. The van der Waals surface area contributed by atoms with Crippen LogP contribution in [0.1, 0.15) is 11.6 Å². The molecule has 0 heterocycles. The minimum absolute atomic E-state index is 0.0581. The van der Waals surface area contributed by atoms with Gasteiger partial charge in [0, 0.05) is 43.9 Å². The second-order valence-corrected chi connectivity index (χ2v) is 5.58. The molecule has 0 fully saturated rings. The van der Waals surface area contributed by atoms with Crippen LogP contribution in [0.4, 0.5) is 0 Å². The van der Waals surface area contributed by atoms with E-state index in [0.717, 1.165) is 28.9 Å². The van der Waals surface area contributed by atoms with Crippen molar-refractivity contribution in [3.8, 4) is 5.75 Å². The van der Waals surface area contributed by atoms with Crippen LogP contribution >= 0.6 is 15.9 Å². The molecule has 0 saturated heterocycles. The van der Waals surface area contributed by atoms with Crippen LogP contribution in [0.25, 0.3) is 0 Å². The van der Waals surface area contributed by atoms with Crippen molar-refractivity contribution in [2.45, 2.75) is 6.04 Å². The van der Waals surface area contributed by atoms with E-state index < -0.39 is 0 Å². The number of hydrogen-bond acceptors (Lipinski definition) is 5. The summed E-state index contributed by atoms with van der Waals surface area (Å²) in [5.41, 5.74) is 7.10. The van der Waals surface area contributed by atoms with Crippen molar-refractivity contribution in [3.63, 3.8) is 0 Å². The van der Waals surface area contributed by atoms with Crippen LogP contribution in [0.2, 0.25) is 0 Å². The molecule has 1 atom stereocenters. The van der Waals surface area contributed by atoms with Crippen LogP contribution in [0.5, 0.6) is 5.75 Å². The van der Waals surface area contributed by atoms with E-state index in [9.17, 15) is 0 Å². The Morgan fingerprint density at radius 1 is 1.14 bits per heavy atom. The molecule has 120 valence electrons. The highest BCUT2D eigenvalue weighted by Crippen LogP contribution is 2.31. The first-order valence-corrected chi connectivity index (χ1v) is 7.72. The Kier molecular flexibility index (Phi) is 8.87. The lowest BCUT2D eigenvalue weighted by molar-refractivity contribution is 0.0883. The number of benzene rings is 1. The molecule has 0 aliphatic carbocycles. The Morgan fingerprint density at radius 2 is 1.76 bits per heavy atom. The van der Waals surface area contributed by atoms with E-state index in [2.05, 4.69) is 26.9 Å². The van der Waals surface area contributed by atoms with Gasteiger partial charge in [-0.3, -0.25) is 4.90 Å². The second-order valence-electron chi connectivity index (χ2n) is 4.66. The molecule has 0 radical (unpaired) electrons. The molecule has 1 unspecified atom stereocenters. The van der Waals surface area contributed by atoms with E-state index in [1.54, 1.807) is 21.3 Å². The third-order valence-electron chi connectivity index (χ3n) is 3.38. The van der Waals surface area contributed by atoms with Gasteiger partial charge in [0.2, 0.25) is 0 Å². The molecule has 5 nitrogen and oxygen atoms in total. The highest BCUT2D eigenvalue weighted by atomic mass is 79.9. The molecule has 0 aliphatic heterocycles. The van der Waals surface area contributed by atoms with Gasteiger partial charge in [-0.2, -0.15) is 0 Å². The fourth-order valence-electron chi connectivity index (χ4n) is 2.28. The Morgan fingerprint density at radius 3 is 2.24 bits per heavy atom. The molecule has 0 bridgehead atoms. The van der Waals surface area contributed by atoms with Crippen LogP contribution in [-0.2, 0) is 9.47 Å². The summed E-state index contributed by atoms with van der Waals surface area (Å²) >= 11 is 3.51. The minimum atomic E-state index is 0.0581. The molecule has 0 saturated carbocycles. The number of methoxy groups -OCH3 is 3. The van der Waals surface area contributed by atoms with E-state index in [4.69, 9.17) is 19.9 Å². The Bertz CT molecular complexity index is 410. The van der Waals surface area contributed by atoms with Crippen LogP contribution < -0.4 is 10.5 Å². The van der Waals surface area contributed by atoms with Gasteiger partial charge in [0.15, 0.2) is 0 Å². The van der Waals surface area contributed by atoms with Gasteiger partial charge in [-0.1, -0.05) is 15.9 Å². The largest absolute Gasteiger partial charge is 0.496 e. The molecule has 0 spiro atoms. The van der Waals surface area contributed by atoms with E-state index in [0.29, 0.717) is 19.8 Å². The van der Waals surface area contributed by atoms with Crippen LogP contribution in [0.3, 0.4) is 0 Å². The van der Waals surface area contributed by atoms with Crippen LogP contribution in [0, 0.1) is 0 Å². The van der Waals surface area contributed by atoms with Gasteiger partial charge in [0.1, 0.15) is 5.75 Å². The van der Waals surface area contributed by atoms with Gasteiger partial charge in [-0.25, -0.2) is 0 Å². The molecule has 0 aliphatic rings. The maximum absolute atomic E-state index is 6.03. The third kappa shape index (κ3) is 5.56. The van der Waals surface area contributed by atoms with Crippen LogP contribution in [0.15, 0.2) is 22.7 Å². The number of ether oxygens (including phenoxy) is 3. The molecule has 1 aromatic rings. The lowest BCUT2D eigenvalue weighted by Crippen LogP contribution is -2.38. The van der Waals surface area contributed by atoms with E-state index in [1.807, 2.05) is 12.1 Å². The molecular weight excluding hydrogens is 336 g/mol. The maximum atomic E-state index is 6.03. The van der Waals surface area contributed by atoms with Crippen molar-refractivity contribution >= 4 is 15.9 Å². The number of hydrogen-bond donors (Lipinski definition) is 1. The maximum Gasteiger partial charge on any atom is 0.123 e. The zero-order chi connectivity index (χ0) is 15.7. The summed E-state index contributed by atoms with van der Waals surface area (Å²) in [6.07, 6.45) is 0. The summed E-state index contributed by atoms with van der Waals surface area (Å²) in [5, 5.41) is 0. The Labute approximate surface area is 135 Å². The average molecular weight is 361 g/mol. The van der Waals surface area contributed by atoms with Crippen molar-refractivity contribution in [2.24, 2.45) is 5.73 Å². The summed E-state index contributed by atoms with van der Waals surface area (Å²) in [6, 6.07) is 6.03. The SMILES string of the molecule is COCCN(CCOC)C(CN)c1cc(Br)ccc1OC. The number of nitrogens with zero attached hydrogens (tertiary/aromatic N) is 1. The molecule has 21 heavy (non-hydrogen) atoms. The molecule has 2 N–H and O–H groups in total. The number of rotatable bonds is 10. The molecule has 6 heteroatoms.